The zero-order valence-electron chi connectivity index (χ0n) is 71.9. The van der Waals surface area contributed by atoms with E-state index in [1.165, 1.54) is 18.2 Å². The second-order valence-electron chi connectivity index (χ2n) is 30.4. The molecule has 4 aromatic carbocycles. The molecule has 41 heteroatoms. The Bertz CT molecular complexity index is 4150. The highest BCUT2D eigenvalue weighted by atomic mass is 16.7. The van der Waals surface area contributed by atoms with Crippen molar-refractivity contribution in [1.29, 1.82) is 0 Å². The molecule has 13 N–H and O–H groups in total. The second-order valence-corrected chi connectivity index (χ2v) is 30.4. The van der Waals surface area contributed by atoms with Gasteiger partial charge in [-0.25, -0.2) is 47.9 Å². The number of rotatable bonds is 51. The third-order valence-electron chi connectivity index (χ3n) is 17.4. The SMILES string of the molecule is C.CC(C)(C)OC(=O)N[C@@H](CCCCN)C(=O)O.C[C@@H](CCCCCC(=O)c1cc(NC(=O)NCCOCCOCCNC(=O)OCc2ccccc2)cc(C(=O)CCCCC[C@H](NC(=O)OC(C)(C)C)C(=O)O)c1)C(=O)O.O=C(NCCOCCOCCNC(=O)OCc1ccccc1)Nc1cc(C(=O)ON2C(=O)CCC2=O)cc(C(=O)ON2C(=O)CCC2=O)c1. The largest absolute Gasteiger partial charge is 0.481 e. The van der Waals surface area contributed by atoms with Gasteiger partial charge >= 0.3 is 66.3 Å². The number of amides is 12. The van der Waals surface area contributed by atoms with E-state index in [1.807, 2.05) is 60.7 Å². The molecule has 3 atom stereocenters. The summed E-state index contributed by atoms with van der Waals surface area (Å²) in [5, 5.41) is 48.3. The lowest BCUT2D eigenvalue weighted by Crippen LogP contribution is -2.43. The summed E-state index contributed by atoms with van der Waals surface area (Å²) in [7, 11) is 0. The molecule has 127 heavy (non-hydrogen) atoms. The maximum atomic E-state index is 13.3. The maximum Gasteiger partial charge on any atom is 0.408 e. The van der Waals surface area contributed by atoms with Crippen LogP contribution in [0.1, 0.15) is 218 Å². The van der Waals surface area contributed by atoms with E-state index in [1.54, 1.807) is 48.5 Å². The van der Waals surface area contributed by atoms with Crippen LogP contribution in [-0.2, 0) is 94.3 Å². The third-order valence-corrected chi connectivity index (χ3v) is 17.4. The van der Waals surface area contributed by atoms with E-state index in [4.69, 9.17) is 63.5 Å². The van der Waals surface area contributed by atoms with Crippen molar-refractivity contribution in [2.75, 3.05) is 96.2 Å². The van der Waals surface area contributed by atoms with Crippen LogP contribution in [0.4, 0.5) is 40.1 Å². The second kappa shape index (κ2) is 59.2. The van der Waals surface area contributed by atoms with Gasteiger partial charge in [-0.2, -0.15) is 0 Å². The number of hydrogen-bond donors (Lipinski definition) is 12. The van der Waals surface area contributed by atoms with Gasteiger partial charge in [0.05, 0.1) is 69.9 Å². The van der Waals surface area contributed by atoms with E-state index in [9.17, 15) is 86.6 Å². The van der Waals surface area contributed by atoms with Gasteiger partial charge in [0.25, 0.3) is 23.6 Å². The quantitative estimate of drug-likeness (QED) is 0.00846. The predicted octanol–water partition coefficient (Wildman–Crippen LogP) is 9.67. The first-order valence-corrected chi connectivity index (χ1v) is 41.1. The molecule has 0 aliphatic carbocycles. The van der Waals surface area contributed by atoms with Crippen LogP contribution in [-0.4, -0.2) is 236 Å². The summed E-state index contributed by atoms with van der Waals surface area (Å²) in [6.07, 6.45) is 2.57. The zero-order chi connectivity index (χ0) is 93.0. The Balaban J connectivity index is 0.000000556. The Morgan fingerprint density at radius 1 is 0.409 bits per heavy atom. The normalized spacial score (nSPS) is 12.9. The number of imide groups is 2. The van der Waals surface area contributed by atoms with Crippen LogP contribution >= 0.6 is 0 Å². The van der Waals surface area contributed by atoms with Gasteiger partial charge in [-0.3, -0.25) is 33.6 Å². The molecule has 2 aliphatic rings. The molecular weight excluding hydrogens is 1670 g/mol. The highest BCUT2D eigenvalue weighted by Crippen LogP contribution is 2.25. The number of urea groups is 2. The average molecular weight is 1790 g/mol. The molecule has 4 aromatic rings. The monoisotopic (exact) mass is 1790 g/mol. The molecule has 41 nitrogen and oxygen atoms in total. The Labute approximate surface area is 736 Å². The summed E-state index contributed by atoms with van der Waals surface area (Å²) in [6, 6.07) is 22.8. The number of hydroxylamine groups is 4. The summed E-state index contributed by atoms with van der Waals surface area (Å²) in [5.41, 5.74) is 5.52. The maximum absolute atomic E-state index is 13.3. The van der Waals surface area contributed by atoms with Crippen molar-refractivity contribution in [3.63, 3.8) is 0 Å². The van der Waals surface area contributed by atoms with E-state index >= 15 is 0 Å². The van der Waals surface area contributed by atoms with Crippen molar-refractivity contribution < 1.29 is 144 Å². The van der Waals surface area contributed by atoms with E-state index in [-0.39, 0.29) is 190 Å². The number of carbonyl (C=O) groups excluding carboxylic acids is 14. The molecule has 2 aliphatic heterocycles. The number of benzene rings is 4. The van der Waals surface area contributed by atoms with Crippen molar-refractivity contribution in [3.8, 4) is 0 Å². The molecule has 0 spiro atoms. The lowest BCUT2D eigenvalue weighted by atomic mass is 9.97. The van der Waals surface area contributed by atoms with Crippen LogP contribution in [0.15, 0.2) is 97.1 Å². The van der Waals surface area contributed by atoms with Crippen LogP contribution < -0.4 is 48.3 Å². The molecule has 2 saturated heterocycles. The number of nitrogens with one attached hydrogen (secondary N) is 8. The topological polar surface area (TPSA) is 572 Å². The van der Waals surface area contributed by atoms with Gasteiger partial charge in [0.15, 0.2) is 11.6 Å². The summed E-state index contributed by atoms with van der Waals surface area (Å²) in [4.78, 5) is 215. The number of anilines is 2. The van der Waals surface area contributed by atoms with Crippen LogP contribution in [0.3, 0.4) is 0 Å². The number of carboxylic acids is 3. The number of Topliss-reactive ketones (excluding diaryl/α,β-unsaturated/α-hetero) is 2. The number of aliphatic carboxylic acids is 3. The van der Waals surface area contributed by atoms with E-state index in [2.05, 4.69) is 42.5 Å². The van der Waals surface area contributed by atoms with Crippen LogP contribution in [0, 0.1) is 5.92 Å². The summed E-state index contributed by atoms with van der Waals surface area (Å²) in [6.45, 7) is 15.0. The summed E-state index contributed by atoms with van der Waals surface area (Å²) >= 11 is 0. The van der Waals surface area contributed by atoms with Gasteiger partial charge in [0, 0.05) is 87.2 Å². The molecule has 0 radical (unpaired) electrons. The number of ketones is 2. The molecule has 12 amide bonds. The van der Waals surface area contributed by atoms with Crippen LogP contribution in [0.5, 0.6) is 0 Å². The lowest BCUT2D eigenvalue weighted by Gasteiger charge is -2.22. The van der Waals surface area contributed by atoms with Gasteiger partial charge in [-0.1, -0.05) is 101 Å². The van der Waals surface area contributed by atoms with Gasteiger partial charge < -0.3 is 111 Å². The molecular formula is C86H121N11O30. The number of nitrogens with two attached hydrogens (primary N) is 1. The molecule has 0 saturated carbocycles. The predicted molar refractivity (Wildman–Crippen MR) is 455 cm³/mol. The van der Waals surface area contributed by atoms with Crippen molar-refractivity contribution in [2.45, 2.75) is 202 Å². The Morgan fingerprint density at radius 3 is 1.08 bits per heavy atom. The van der Waals surface area contributed by atoms with Gasteiger partial charge in [-0.05, 0) is 141 Å². The Kier molecular flexibility index (Phi) is 50.6. The number of carboxylic acid groups (broad SMARTS) is 3. The zero-order valence-corrected chi connectivity index (χ0v) is 71.9. The highest BCUT2D eigenvalue weighted by Gasteiger charge is 2.36. The lowest BCUT2D eigenvalue weighted by molar-refractivity contribution is -0.173. The van der Waals surface area contributed by atoms with E-state index in [0.29, 0.717) is 74.5 Å². The Morgan fingerprint density at radius 2 is 0.740 bits per heavy atom. The molecule has 0 bridgehead atoms. The summed E-state index contributed by atoms with van der Waals surface area (Å²) in [5.74, 6) is -9.45. The minimum atomic E-state index is -1.20. The highest BCUT2D eigenvalue weighted by molar-refractivity contribution is 6.06. The first-order chi connectivity index (χ1) is 59.9. The molecule has 2 heterocycles. The minimum Gasteiger partial charge on any atom is -0.481 e. The first-order valence-electron chi connectivity index (χ1n) is 41.1. The summed E-state index contributed by atoms with van der Waals surface area (Å²) < 4.78 is 42.1. The van der Waals surface area contributed by atoms with Gasteiger partial charge in [0.2, 0.25) is 0 Å². The molecule has 0 aromatic heterocycles. The molecule has 700 valence electrons. The standard InChI is InChI=1S/C43H62N4O13.C31H33N5O13.C11H22N2O4.CH4/c1-30(38(50)51)14-8-5-12-18-36(48)32-26-33(37(49)19-13-7-11-17-35(39(52)53)47-42(56)60-43(2,3)4)28-34(27-32)46-40(54)44-20-22-57-24-25-58-23-21-45-41(55)59-29-31-15-9-6-10-16-31;37-24-6-7-25(38)35(24)48-28(41)21-16-22(29(42)49-36-26(39)8-9-27(36)40)18-23(17-21)34-30(43)32-10-12-45-14-15-46-13-11-33-31(44)47-19-20-4-2-1-3-5-20;1-11(2,3)17-10(16)13-8(9(14)15)6-4-5-7-12;/h6,9-10,15-16,26-28,30,35H,5,7-8,11-14,17-25,29H2,1-4H3,(H,45,55)(H,47,56)(H,50,51)(H,52,53)(H2,44,46,54);1-5,16-18H,6-15,19H2,(H,33,44)(H2,32,34,43);8H,4-7,12H2,1-3H3,(H,13,16)(H,14,15);1H4/t30-,35-;;8-;/m0.0./s1. The van der Waals surface area contributed by atoms with E-state index < -0.39 is 119 Å². The van der Waals surface area contributed by atoms with Crippen LogP contribution in [0.2, 0.25) is 0 Å². The van der Waals surface area contributed by atoms with Crippen LogP contribution in [0.25, 0.3) is 0 Å². The average Bonchev–Trinajstić information content (AvgIpc) is 1.80. The fourth-order valence-electron chi connectivity index (χ4n) is 11.1. The molecule has 6 rings (SSSR count). The minimum absolute atomic E-state index is 0. The van der Waals surface area contributed by atoms with Crippen molar-refractivity contribution in [2.24, 2.45) is 11.7 Å². The number of ether oxygens (including phenoxy) is 8. The smallest absolute Gasteiger partial charge is 0.408 e. The number of unbranched alkanes of at least 4 members (excludes halogenated alkanes) is 5. The van der Waals surface area contributed by atoms with Crippen molar-refractivity contribution in [3.05, 3.63) is 130 Å². The number of carbonyl (C=O) groups is 17. The number of hydrogen-bond acceptors (Lipinski definition) is 28. The fourth-order valence-corrected chi connectivity index (χ4v) is 11.1. The van der Waals surface area contributed by atoms with Gasteiger partial charge in [0.1, 0.15) is 36.5 Å². The van der Waals surface area contributed by atoms with Crippen molar-refractivity contribution >= 4 is 113 Å². The van der Waals surface area contributed by atoms with E-state index in [0.717, 1.165) is 35.7 Å². The third kappa shape index (κ3) is 47.3. The number of nitrogens with zero attached hydrogens (tertiary/aromatic N) is 2. The molecule has 2 fully saturated rings. The first kappa shape index (κ1) is 108. The van der Waals surface area contributed by atoms with Gasteiger partial charge in [-0.15, -0.1) is 10.1 Å². The van der Waals surface area contributed by atoms with Crippen molar-refractivity contribution in [1.82, 2.24) is 42.0 Å². The number of alkyl carbamates (subject to hydrolysis) is 4. The molecule has 0 unspecified atom stereocenters. The fraction of sp³-hybridized carbons (Fsp3) is 0.523. The Hall–Kier alpha value is -12.7.